The number of rotatable bonds is 5. The molecule has 0 fully saturated rings. The van der Waals surface area contributed by atoms with Gasteiger partial charge in [-0.15, -0.1) is 0 Å². The van der Waals surface area contributed by atoms with Gasteiger partial charge in [0.2, 0.25) is 0 Å². The van der Waals surface area contributed by atoms with Crippen molar-refractivity contribution >= 4 is 17.4 Å². The van der Waals surface area contributed by atoms with Gasteiger partial charge in [0.25, 0.3) is 11.5 Å². The number of ether oxygens (including phenoxy) is 2. The molecule has 1 amide bonds. The standard InChI is InChI=1S/C24H22N2O5/c1-30-17-10-16(11-18(12-17)31-2)25-23(28)20-13-19-21(26-24(20)29)8-15(9-22(19)27)14-6-4-3-5-7-14/h3-7,10-13,15H,8-9H2,1-2H3,(H,25,28)(H,26,29)/t15-/m0/s1. The molecule has 2 aromatic carbocycles. The van der Waals surface area contributed by atoms with Crippen LogP contribution in [0.15, 0.2) is 59.4 Å². The van der Waals surface area contributed by atoms with E-state index in [0.29, 0.717) is 41.3 Å². The number of hydrogen-bond donors (Lipinski definition) is 2. The third-order valence-electron chi connectivity index (χ3n) is 5.43. The van der Waals surface area contributed by atoms with E-state index in [9.17, 15) is 14.4 Å². The maximum Gasteiger partial charge on any atom is 0.261 e. The molecule has 1 heterocycles. The fourth-order valence-electron chi connectivity index (χ4n) is 3.84. The number of pyridine rings is 1. The zero-order chi connectivity index (χ0) is 22.0. The maximum absolute atomic E-state index is 12.8. The number of fused-ring (bicyclic) bond motifs is 1. The number of methoxy groups -OCH3 is 2. The number of H-pyrrole nitrogens is 1. The van der Waals surface area contributed by atoms with Crippen molar-refractivity contribution in [3.8, 4) is 11.5 Å². The van der Waals surface area contributed by atoms with Crippen LogP contribution in [0.25, 0.3) is 0 Å². The summed E-state index contributed by atoms with van der Waals surface area (Å²) in [5.74, 6) is 0.286. The van der Waals surface area contributed by atoms with E-state index in [1.807, 2.05) is 30.3 Å². The molecule has 7 nitrogen and oxygen atoms in total. The van der Waals surface area contributed by atoms with Crippen molar-refractivity contribution in [3.63, 3.8) is 0 Å². The Morgan fingerprint density at radius 2 is 1.65 bits per heavy atom. The third kappa shape index (κ3) is 4.21. The lowest BCUT2D eigenvalue weighted by Crippen LogP contribution is -2.29. The molecule has 0 spiro atoms. The van der Waals surface area contributed by atoms with Gasteiger partial charge in [0.05, 0.1) is 14.2 Å². The molecule has 0 aliphatic heterocycles. The Morgan fingerprint density at radius 3 is 2.29 bits per heavy atom. The first kappa shape index (κ1) is 20.4. The Labute approximate surface area is 179 Å². The Morgan fingerprint density at radius 1 is 0.968 bits per heavy atom. The number of aromatic nitrogens is 1. The van der Waals surface area contributed by atoms with Crippen LogP contribution in [-0.2, 0) is 6.42 Å². The minimum absolute atomic E-state index is 0.000718. The Hall–Kier alpha value is -3.87. The molecule has 0 saturated heterocycles. The fraction of sp³-hybridized carbons (Fsp3) is 0.208. The summed E-state index contributed by atoms with van der Waals surface area (Å²) < 4.78 is 10.4. The van der Waals surface area contributed by atoms with Crippen LogP contribution in [0.1, 0.15) is 44.3 Å². The highest BCUT2D eigenvalue weighted by Crippen LogP contribution is 2.31. The van der Waals surface area contributed by atoms with Crippen molar-refractivity contribution in [3.05, 3.63) is 87.3 Å². The summed E-state index contributed by atoms with van der Waals surface area (Å²) in [6.45, 7) is 0. The molecule has 31 heavy (non-hydrogen) atoms. The van der Waals surface area contributed by atoms with E-state index in [2.05, 4.69) is 10.3 Å². The van der Waals surface area contributed by atoms with Crippen LogP contribution in [0.3, 0.4) is 0 Å². The molecular weight excluding hydrogens is 396 g/mol. The van der Waals surface area contributed by atoms with Crippen molar-refractivity contribution in [2.24, 2.45) is 0 Å². The molecule has 3 aromatic rings. The summed E-state index contributed by atoms with van der Waals surface area (Å²) in [4.78, 5) is 41.0. The quantitative estimate of drug-likeness (QED) is 0.660. The SMILES string of the molecule is COc1cc(NC(=O)c2cc3c([nH]c2=O)C[C@H](c2ccccc2)CC3=O)cc(OC)c1. The molecule has 7 heteroatoms. The average Bonchev–Trinajstić information content (AvgIpc) is 2.78. The number of carbonyl (C=O) groups is 2. The lowest BCUT2D eigenvalue weighted by molar-refractivity contribution is 0.0963. The van der Waals surface area contributed by atoms with E-state index in [4.69, 9.17) is 9.47 Å². The number of anilines is 1. The predicted octanol–water partition coefficient (Wildman–Crippen LogP) is 3.56. The van der Waals surface area contributed by atoms with Crippen LogP contribution >= 0.6 is 0 Å². The lowest BCUT2D eigenvalue weighted by atomic mass is 9.81. The number of aromatic amines is 1. The van der Waals surface area contributed by atoms with Crippen molar-refractivity contribution in [1.82, 2.24) is 4.98 Å². The van der Waals surface area contributed by atoms with E-state index in [-0.39, 0.29) is 17.3 Å². The molecule has 1 atom stereocenters. The third-order valence-corrected chi connectivity index (χ3v) is 5.43. The topological polar surface area (TPSA) is 97.5 Å². The van der Waals surface area contributed by atoms with Crippen LogP contribution in [0, 0.1) is 0 Å². The van der Waals surface area contributed by atoms with Crippen LogP contribution in [0.4, 0.5) is 5.69 Å². The summed E-state index contributed by atoms with van der Waals surface area (Å²) in [7, 11) is 3.01. The van der Waals surface area contributed by atoms with Gasteiger partial charge in [-0.2, -0.15) is 0 Å². The molecule has 1 aliphatic carbocycles. The highest BCUT2D eigenvalue weighted by molar-refractivity contribution is 6.07. The minimum atomic E-state index is -0.614. The Kier molecular flexibility index (Phi) is 5.58. The van der Waals surface area contributed by atoms with Crippen molar-refractivity contribution in [2.45, 2.75) is 18.8 Å². The molecule has 1 aliphatic rings. The average molecular weight is 418 g/mol. The van der Waals surface area contributed by atoms with Crippen LogP contribution in [0.2, 0.25) is 0 Å². The zero-order valence-electron chi connectivity index (χ0n) is 17.2. The van der Waals surface area contributed by atoms with Crippen LogP contribution < -0.4 is 20.3 Å². The Balaban J connectivity index is 1.62. The number of amides is 1. The number of hydrogen-bond acceptors (Lipinski definition) is 5. The van der Waals surface area contributed by atoms with Gasteiger partial charge in [-0.25, -0.2) is 0 Å². The van der Waals surface area contributed by atoms with E-state index >= 15 is 0 Å². The summed E-state index contributed by atoms with van der Waals surface area (Å²) in [6, 6.07) is 16.0. The second kappa shape index (κ2) is 8.47. The maximum atomic E-state index is 12.8. The Bertz CT molecular complexity index is 1180. The first-order chi connectivity index (χ1) is 15.0. The molecule has 158 valence electrons. The van der Waals surface area contributed by atoms with Gasteiger partial charge in [0.1, 0.15) is 17.1 Å². The van der Waals surface area contributed by atoms with Gasteiger partial charge < -0.3 is 19.8 Å². The minimum Gasteiger partial charge on any atom is -0.497 e. The van der Waals surface area contributed by atoms with Crippen molar-refractivity contribution in [2.75, 3.05) is 19.5 Å². The van der Waals surface area contributed by atoms with Gasteiger partial charge in [0, 0.05) is 41.6 Å². The van der Waals surface area contributed by atoms with Crippen molar-refractivity contribution in [1.29, 1.82) is 0 Å². The van der Waals surface area contributed by atoms with E-state index in [1.54, 1.807) is 18.2 Å². The zero-order valence-corrected chi connectivity index (χ0v) is 17.2. The number of ketones is 1. The molecule has 2 N–H and O–H groups in total. The van der Waals surface area contributed by atoms with Gasteiger partial charge in [-0.3, -0.25) is 14.4 Å². The summed E-state index contributed by atoms with van der Waals surface area (Å²) in [5, 5.41) is 2.67. The molecule has 0 radical (unpaired) electrons. The van der Waals surface area contributed by atoms with Gasteiger partial charge in [-0.05, 0) is 24.0 Å². The van der Waals surface area contributed by atoms with Gasteiger partial charge in [0.15, 0.2) is 5.78 Å². The summed E-state index contributed by atoms with van der Waals surface area (Å²) in [5.41, 5.74) is 1.76. The van der Waals surface area contributed by atoms with E-state index in [1.165, 1.54) is 20.3 Å². The van der Waals surface area contributed by atoms with Gasteiger partial charge >= 0.3 is 0 Å². The number of carbonyl (C=O) groups excluding carboxylic acids is 2. The van der Waals surface area contributed by atoms with E-state index in [0.717, 1.165) is 5.56 Å². The van der Waals surface area contributed by atoms with Crippen molar-refractivity contribution < 1.29 is 19.1 Å². The molecule has 4 rings (SSSR count). The number of Topliss-reactive ketones (excluding diaryl/α,β-unsaturated/α-hetero) is 1. The molecule has 0 saturated carbocycles. The molecule has 0 unspecified atom stereocenters. The smallest absolute Gasteiger partial charge is 0.261 e. The number of benzene rings is 2. The fourth-order valence-corrected chi connectivity index (χ4v) is 3.84. The van der Waals surface area contributed by atoms with Crippen LogP contribution in [-0.4, -0.2) is 30.9 Å². The second-order valence-electron chi connectivity index (χ2n) is 7.40. The first-order valence-electron chi connectivity index (χ1n) is 9.87. The largest absolute Gasteiger partial charge is 0.497 e. The predicted molar refractivity (Wildman–Crippen MR) is 116 cm³/mol. The molecule has 0 bridgehead atoms. The molecular formula is C24H22N2O5. The van der Waals surface area contributed by atoms with Crippen LogP contribution in [0.5, 0.6) is 11.5 Å². The molecule has 1 aromatic heterocycles. The number of nitrogens with one attached hydrogen (secondary N) is 2. The summed E-state index contributed by atoms with van der Waals surface area (Å²) in [6.07, 6.45) is 0.868. The normalized spacial score (nSPS) is 15.2. The highest BCUT2D eigenvalue weighted by Gasteiger charge is 2.28. The first-order valence-corrected chi connectivity index (χ1v) is 9.87. The monoisotopic (exact) mass is 418 g/mol. The van der Waals surface area contributed by atoms with E-state index < -0.39 is 11.5 Å². The summed E-state index contributed by atoms with van der Waals surface area (Å²) >= 11 is 0. The highest BCUT2D eigenvalue weighted by atomic mass is 16.5. The lowest BCUT2D eigenvalue weighted by Gasteiger charge is -2.24. The second-order valence-corrected chi connectivity index (χ2v) is 7.40. The van der Waals surface area contributed by atoms with Gasteiger partial charge in [-0.1, -0.05) is 30.3 Å².